The normalized spacial score (nSPS) is 10.2. The van der Waals surface area contributed by atoms with Gasteiger partial charge in [-0.15, -0.1) is 0 Å². The number of anilines is 1. The summed E-state index contributed by atoms with van der Waals surface area (Å²) in [7, 11) is 0. The van der Waals surface area contributed by atoms with Crippen molar-refractivity contribution in [2.45, 2.75) is 13.3 Å². The number of carbonyl (C=O) groups excluding carboxylic acids is 1. The van der Waals surface area contributed by atoms with E-state index in [1.165, 1.54) is 0 Å². The van der Waals surface area contributed by atoms with Crippen LogP contribution in [0.3, 0.4) is 0 Å². The van der Waals surface area contributed by atoms with Crippen LogP contribution >= 0.6 is 15.9 Å². The Bertz CT molecular complexity index is 611. The van der Waals surface area contributed by atoms with E-state index in [1.54, 1.807) is 24.3 Å². The molecule has 0 radical (unpaired) electrons. The summed E-state index contributed by atoms with van der Waals surface area (Å²) in [4.78, 5) is 11.9. The second kappa shape index (κ2) is 5.89. The predicted molar refractivity (Wildman–Crippen MR) is 79.3 cm³/mol. The van der Waals surface area contributed by atoms with E-state index in [0.29, 0.717) is 5.56 Å². The molecule has 0 fully saturated rings. The molecule has 98 valence electrons. The highest BCUT2D eigenvalue weighted by molar-refractivity contribution is 9.10. The highest BCUT2D eigenvalue weighted by Crippen LogP contribution is 2.21. The number of benzene rings is 2. The number of rotatable bonds is 3. The summed E-state index contributed by atoms with van der Waals surface area (Å²) < 4.78 is 0.976. The molecule has 3 nitrogen and oxygen atoms in total. The maximum atomic E-state index is 11.9. The number of halogens is 1. The van der Waals surface area contributed by atoms with Gasteiger partial charge < -0.3 is 10.4 Å². The van der Waals surface area contributed by atoms with Crippen molar-refractivity contribution in [2.75, 3.05) is 5.32 Å². The summed E-state index contributed by atoms with van der Waals surface area (Å²) in [5, 5.41) is 12.5. The Balaban J connectivity index is 2.08. The Kier molecular flexibility index (Phi) is 4.22. The van der Waals surface area contributed by atoms with Crippen LogP contribution in [0.25, 0.3) is 0 Å². The third-order valence-corrected chi connectivity index (χ3v) is 3.30. The Morgan fingerprint density at radius 1 is 1.26 bits per heavy atom. The molecule has 0 aliphatic heterocycles. The minimum atomic E-state index is -0.146. The lowest BCUT2D eigenvalue weighted by Crippen LogP contribution is -2.15. The van der Waals surface area contributed by atoms with Gasteiger partial charge in [0.05, 0.1) is 6.42 Å². The summed E-state index contributed by atoms with van der Waals surface area (Å²) in [6.45, 7) is 1.93. The average molecular weight is 320 g/mol. The fourth-order valence-corrected chi connectivity index (χ4v) is 2.27. The van der Waals surface area contributed by atoms with Gasteiger partial charge in [-0.2, -0.15) is 0 Å². The molecule has 0 heterocycles. The number of nitrogens with one attached hydrogen (secondary N) is 1. The highest BCUT2D eigenvalue weighted by Gasteiger charge is 2.08. The maximum absolute atomic E-state index is 11.9. The van der Waals surface area contributed by atoms with Gasteiger partial charge in [0.1, 0.15) is 5.75 Å². The Morgan fingerprint density at radius 3 is 2.68 bits per heavy atom. The Morgan fingerprint density at radius 2 is 2.00 bits per heavy atom. The smallest absolute Gasteiger partial charge is 0.228 e. The third kappa shape index (κ3) is 3.58. The molecule has 2 N–H and O–H groups in total. The third-order valence-electron chi connectivity index (χ3n) is 2.81. The van der Waals surface area contributed by atoms with Crippen molar-refractivity contribution in [2.24, 2.45) is 0 Å². The van der Waals surface area contributed by atoms with Crippen LogP contribution < -0.4 is 5.32 Å². The average Bonchev–Trinajstić information content (AvgIpc) is 2.36. The summed E-state index contributed by atoms with van der Waals surface area (Å²) in [6, 6.07) is 12.5. The van der Waals surface area contributed by atoms with Gasteiger partial charge in [-0.1, -0.05) is 34.1 Å². The van der Waals surface area contributed by atoms with Crippen molar-refractivity contribution >= 4 is 27.5 Å². The highest BCUT2D eigenvalue weighted by atomic mass is 79.9. The van der Waals surface area contributed by atoms with Crippen LogP contribution in [0.1, 0.15) is 11.1 Å². The van der Waals surface area contributed by atoms with E-state index in [-0.39, 0.29) is 18.1 Å². The van der Waals surface area contributed by atoms with Crippen LogP contribution in [0.4, 0.5) is 5.69 Å². The van der Waals surface area contributed by atoms with Gasteiger partial charge in [-0.05, 0) is 36.8 Å². The number of amides is 1. The second-order valence-electron chi connectivity index (χ2n) is 4.31. The van der Waals surface area contributed by atoms with Gasteiger partial charge in [0.15, 0.2) is 0 Å². The van der Waals surface area contributed by atoms with Gasteiger partial charge in [0, 0.05) is 15.7 Å². The molecule has 0 bridgehead atoms. The molecule has 0 spiro atoms. The number of hydrogen-bond acceptors (Lipinski definition) is 2. The summed E-state index contributed by atoms with van der Waals surface area (Å²) in [6.07, 6.45) is 0.155. The SMILES string of the molecule is Cc1cc(Br)ccc1NC(=O)Cc1ccccc1O. The molecule has 0 aliphatic carbocycles. The number of phenolic OH excluding ortho intramolecular Hbond substituents is 1. The first-order chi connectivity index (χ1) is 9.06. The van der Waals surface area contributed by atoms with Gasteiger partial charge in [0.25, 0.3) is 0 Å². The molecule has 1 amide bonds. The largest absolute Gasteiger partial charge is 0.508 e. The van der Waals surface area contributed by atoms with E-state index in [2.05, 4.69) is 21.2 Å². The van der Waals surface area contributed by atoms with Crippen molar-refractivity contribution in [3.05, 3.63) is 58.1 Å². The lowest BCUT2D eigenvalue weighted by molar-refractivity contribution is -0.115. The first-order valence-corrected chi connectivity index (χ1v) is 6.68. The number of phenols is 1. The molecular weight excluding hydrogens is 306 g/mol. The van der Waals surface area contributed by atoms with Gasteiger partial charge in [-0.3, -0.25) is 4.79 Å². The van der Waals surface area contributed by atoms with Crippen molar-refractivity contribution in [1.82, 2.24) is 0 Å². The van der Waals surface area contributed by atoms with Crippen LogP contribution in [0.15, 0.2) is 46.9 Å². The summed E-state index contributed by atoms with van der Waals surface area (Å²) in [5.41, 5.74) is 2.39. The van der Waals surface area contributed by atoms with Crippen LogP contribution in [-0.2, 0) is 11.2 Å². The van der Waals surface area contributed by atoms with E-state index >= 15 is 0 Å². The van der Waals surface area contributed by atoms with Crippen LogP contribution in [0.5, 0.6) is 5.75 Å². The van der Waals surface area contributed by atoms with E-state index < -0.39 is 0 Å². The number of carbonyl (C=O) groups is 1. The monoisotopic (exact) mass is 319 g/mol. The zero-order valence-corrected chi connectivity index (χ0v) is 12.1. The van der Waals surface area contributed by atoms with Gasteiger partial charge in [0.2, 0.25) is 5.91 Å². The lowest BCUT2D eigenvalue weighted by atomic mass is 10.1. The molecule has 4 heteroatoms. The molecular formula is C15H14BrNO2. The van der Waals surface area contributed by atoms with Gasteiger partial charge in [-0.25, -0.2) is 0 Å². The molecule has 2 aromatic rings. The first kappa shape index (κ1) is 13.6. The number of aromatic hydroxyl groups is 1. The van der Waals surface area contributed by atoms with E-state index in [1.807, 2.05) is 25.1 Å². The Labute approximate surface area is 120 Å². The molecule has 2 aromatic carbocycles. The molecule has 0 aromatic heterocycles. The van der Waals surface area contributed by atoms with E-state index in [4.69, 9.17) is 0 Å². The minimum Gasteiger partial charge on any atom is -0.508 e. The maximum Gasteiger partial charge on any atom is 0.228 e. The number of aryl methyl sites for hydroxylation is 1. The fourth-order valence-electron chi connectivity index (χ4n) is 1.80. The van der Waals surface area contributed by atoms with Gasteiger partial charge >= 0.3 is 0 Å². The summed E-state index contributed by atoms with van der Waals surface area (Å²) >= 11 is 3.38. The van der Waals surface area contributed by atoms with E-state index in [9.17, 15) is 9.90 Å². The lowest BCUT2D eigenvalue weighted by Gasteiger charge is -2.09. The van der Waals surface area contributed by atoms with Crippen molar-refractivity contribution in [3.63, 3.8) is 0 Å². The number of hydrogen-bond donors (Lipinski definition) is 2. The van der Waals surface area contributed by atoms with E-state index in [0.717, 1.165) is 15.7 Å². The zero-order valence-electron chi connectivity index (χ0n) is 10.5. The zero-order chi connectivity index (χ0) is 13.8. The topological polar surface area (TPSA) is 49.3 Å². The Hall–Kier alpha value is -1.81. The fraction of sp³-hybridized carbons (Fsp3) is 0.133. The van der Waals surface area contributed by atoms with Crippen LogP contribution in [0, 0.1) is 6.92 Å². The molecule has 0 saturated heterocycles. The van der Waals surface area contributed by atoms with Crippen molar-refractivity contribution in [3.8, 4) is 5.75 Å². The molecule has 19 heavy (non-hydrogen) atoms. The standard InChI is InChI=1S/C15H14BrNO2/c1-10-8-12(16)6-7-13(10)17-15(19)9-11-4-2-3-5-14(11)18/h2-8,18H,9H2,1H3,(H,17,19). The van der Waals surface area contributed by atoms with Crippen molar-refractivity contribution < 1.29 is 9.90 Å². The molecule has 0 atom stereocenters. The molecule has 2 rings (SSSR count). The minimum absolute atomic E-state index is 0.144. The van der Waals surface area contributed by atoms with Crippen LogP contribution in [0.2, 0.25) is 0 Å². The second-order valence-corrected chi connectivity index (χ2v) is 5.23. The predicted octanol–water partition coefficient (Wildman–Crippen LogP) is 3.64. The molecule has 0 saturated carbocycles. The summed E-state index contributed by atoms with van der Waals surface area (Å²) in [5.74, 6) is -0.00268. The quantitative estimate of drug-likeness (QED) is 0.907. The number of para-hydroxylation sites is 1. The molecule has 0 unspecified atom stereocenters. The molecule has 0 aliphatic rings. The van der Waals surface area contributed by atoms with Crippen molar-refractivity contribution in [1.29, 1.82) is 0 Å². The first-order valence-electron chi connectivity index (χ1n) is 5.89. The van der Waals surface area contributed by atoms with Crippen LogP contribution in [-0.4, -0.2) is 11.0 Å².